The first-order valence-corrected chi connectivity index (χ1v) is 10.4. The van der Waals surface area contributed by atoms with Crippen molar-refractivity contribution in [2.24, 2.45) is 11.7 Å². The zero-order valence-electron chi connectivity index (χ0n) is 16.7. The van der Waals surface area contributed by atoms with Gasteiger partial charge in [-0.05, 0) is 54.9 Å². The Morgan fingerprint density at radius 1 is 1.07 bits per heavy atom. The molecule has 0 aliphatic heterocycles. The molecule has 0 unspecified atom stereocenters. The lowest BCUT2D eigenvalue weighted by molar-refractivity contribution is -0.118. The topological polar surface area (TPSA) is 91.1 Å². The molecule has 7 heteroatoms. The fourth-order valence-electron chi connectivity index (χ4n) is 4.52. The normalized spacial score (nSPS) is 18.8. The van der Waals surface area contributed by atoms with Crippen molar-refractivity contribution in [3.8, 4) is 22.4 Å². The van der Waals surface area contributed by atoms with E-state index in [1.807, 2.05) is 22.9 Å². The molecule has 152 valence electrons. The third-order valence-electron chi connectivity index (χ3n) is 6.14. The lowest BCUT2D eigenvalue weighted by Crippen LogP contribution is -2.13. The van der Waals surface area contributed by atoms with E-state index in [1.54, 1.807) is 6.20 Å². The summed E-state index contributed by atoms with van der Waals surface area (Å²) in [4.78, 5) is 15.4. The maximum Gasteiger partial charge on any atom is 0.217 e. The predicted molar refractivity (Wildman–Crippen MR) is 114 cm³/mol. The van der Waals surface area contributed by atoms with Gasteiger partial charge in [-0.25, -0.2) is 9.67 Å². The summed E-state index contributed by atoms with van der Waals surface area (Å²) in [5, 5.41) is 8.56. The zero-order chi connectivity index (χ0) is 20.5. The molecule has 5 rings (SSSR count). The number of nitrogens with zero attached hydrogens (tertiary/aromatic N) is 5. The predicted octanol–water partition coefficient (Wildman–Crippen LogP) is 3.87. The molecule has 7 nitrogen and oxygen atoms in total. The van der Waals surface area contributed by atoms with Crippen LogP contribution >= 0.6 is 0 Å². The first-order valence-electron chi connectivity index (χ1n) is 10.4. The SMILES string of the molecule is NC(=O)CC[C@@H]1CC[C@@H](n2nncc2-c2ccc(-c3ccc4nccn4c3)cc2)C1. The minimum Gasteiger partial charge on any atom is -0.370 e. The Morgan fingerprint density at radius 3 is 2.70 bits per heavy atom. The van der Waals surface area contributed by atoms with E-state index in [2.05, 4.69) is 56.5 Å². The van der Waals surface area contributed by atoms with E-state index in [0.29, 0.717) is 18.4 Å². The molecule has 3 heterocycles. The number of hydrogen-bond acceptors (Lipinski definition) is 4. The van der Waals surface area contributed by atoms with Gasteiger partial charge in [0.15, 0.2) is 0 Å². The number of benzene rings is 1. The monoisotopic (exact) mass is 400 g/mol. The third kappa shape index (κ3) is 3.58. The molecule has 1 aliphatic carbocycles. The van der Waals surface area contributed by atoms with E-state index in [-0.39, 0.29) is 5.91 Å². The smallest absolute Gasteiger partial charge is 0.217 e. The Hall–Kier alpha value is -3.48. The van der Waals surface area contributed by atoms with E-state index < -0.39 is 0 Å². The number of rotatable bonds is 6. The molecule has 1 saturated carbocycles. The average molecular weight is 400 g/mol. The molecule has 4 aromatic rings. The number of primary amides is 1. The number of amides is 1. The van der Waals surface area contributed by atoms with Gasteiger partial charge < -0.3 is 10.1 Å². The van der Waals surface area contributed by atoms with E-state index in [9.17, 15) is 4.79 Å². The summed E-state index contributed by atoms with van der Waals surface area (Å²) < 4.78 is 4.08. The van der Waals surface area contributed by atoms with Crippen LogP contribution in [0.3, 0.4) is 0 Å². The molecule has 0 spiro atoms. The number of fused-ring (bicyclic) bond motifs is 1. The van der Waals surface area contributed by atoms with Crippen molar-refractivity contribution in [3.63, 3.8) is 0 Å². The van der Waals surface area contributed by atoms with Gasteiger partial charge in [-0.2, -0.15) is 0 Å². The van der Waals surface area contributed by atoms with E-state index in [0.717, 1.165) is 53.7 Å². The number of pyridine rings is 1. The Balaban J connectivity index is 1.34. The maximum absolute atomic E-state index is 11.1. The second-order valence-corrected chi connectivity index (χ2v) is 8.09. The summed E-state index contributed by atoms with van der Waals surface area (Å²) in [6, 6.07) is 13.0. The van der Waals surface area contributed by atoms with Gasteiger partial charge in [0.25, 0.3) is 0 Å². The number of carbonyl (C=O) groups excluding carboxylic acids is 1. The first kappa shape index (κ1) is 18.5. The molecule has 0 saturated heterocycles. The number of nitrogens with two attached hydrogens (primary N) is 1. The molecule has 1 aliphatic rings. The summed E-state index contributed by atoms with van der Waals surface area (Å²) in [6.07, 6.45) is 12.2. The van der Waals surface area contributed by atoms with Crippen LogP contribution in [0, 0.1) is 5.92 Å². The fourth-order valence-corrected chi connectivity index (χ4v) is 4.52. The Labute approximate surface area is 174 Å². The van der Waals surface area contributed by atoms with Crippen LogP contribution in [0.25, 0.3) is 28.0 Å². The van der Waals surface area contributed by atoms with E-state index >= 15 is 0 Å². The minimum absolute atomic E-state index is 0.216. The maximum atomic E-state index is 11.1. The van der Waals surface area contributed by atoms with Crippen LogP contribution in [-0.2, 0) is 4.79 Å². The highest BCUT2D eigenvalue weighted by Gasteiger charge is 2.28. The van der Waals surface area contributed by atoms with Crippen LogP contribution in [0.1, 0.15) is 38.1 Å². The second-order valence-electron chi connectivity index (χ2n) is 8.09. The Bertz CT molecular complexity index is 1180. The number of carbonyl (C=O) groups is 1. The lowest BCUT2D eigenvalue weighted by Gasteiger charge is -2.14. The number of imidazole rings is 1. The summed E-state index contributed by atoms with van der Waals surface area (Å²) in [6.45, 7) is 0. The van der Waals surface area contributed by atoms with Gasteiger partial charge in [0.2, 0.25) is 5.91 Å². The molecule has 0 radical (unpaired) electrons. The van der Waals surface area contributed by atoms with E-state index in [1.165, 1.54) is 0 Å². The van der Waals surface area contributed by atoms with Crippen LogP contribution < -0.4 is 5.73 Å². The number of aromatic nitrogens is 5. The van der Waals surface area contributed by atoms with Crippen molar-refractivity contribution in [2.45, 2.75) is 38.1 Å². The van der Waals surface area contributed by atoms with Crippen LogP contribution in [0.15, 0.2) is 61.2 Å². The van der Waals surface area contributed by atoms with Gasteiger partial charge in [-0.1, -0.05) is 29.5 Å². The summed E-state index contributed by atoms with van der Waals surface area (Å²) in [5.74, 6) is 0.312. The van der Waals surface area contributed by atoms with Gasteiger partial charge in [0.05, 0.1) is 17.9 Å². The first-order chi connectivity index (χ1) is 14.7. The highest BCUT2D eigenvalue weighted by atomic mass is 16.1. The van der Waals surface area contributed by atoms with Gasteiger partial charge in [0.1, 0.15) is 5.65 Å². The van der Waals surface area contributed by atoms with Crippen molar-refractivity contribution in [2.75, 3.05) is 0 Å². The second kappa shape index (κ2) is 7.74. The number of hydrogen-bond donors (Lipinski definition) is 1. The molecule has 1 amide bonds. The molecular formula is C23H24N6O. The van der Waals surface area contributed by atoms with Crippen molar-refractivity contribution >= 4 is 11.6 Å². The average Bonchev–Trinajstić information content (AvgIpc) is 3.52. The molecule has 3 aromatic heterocycles. The highest BCUT2D eigenvalue weighted by Crippen LogP contribution is 2.38. The zero-order valence-corrected chi connectivity index (χ0v) is 16.7. The standard InChI is InChI=1S/C23H24N6O/c24-22(30)9-2-16-1-8-20(13-16)29-21(14-26-27-29)18-5-3-17(4-6-18)19-7-10-23-25-11-12-28(23)15-19/h3-7,10-12,14-16,20H,1-2,8-9,13H2,(H2,24,30)/t16-,20+/m0/s1. The summed E-state index contributed by atoms with van der Waals surface area (Å²) in [7, 11) is 0. The van der Waals surface area contributed by atoms with Crippen molar-refractivity contribution in [1.82, 2.24) is 24.4 Å². The van der Waals surface area contributed by atoms with Crippen molar-refractivity contribution < 1.29 is 4.79 Å². The molecule has 2 atom stereocenters. The molecule has 0 bridgehead atoms. The summed E-state index contributed by atoms with van der Waals surface area (Å²) in [5.41, 5.74) is 10.7. The van der Waals surface area contributed by atoms with Gasteiger partial charge in [-0.15, -0.1) is 5.10 Å². The van der Waals surface area contributed by atoms with Crippen LogP contribution in [0.4, 0.5) is 0 Å². The minimum atomic E-state index is -0.216. The van der Waals surface area contributed by atoms with Gasteiger partial charge in [0, 0.05) is 30.6 Å². The molecule has 1 fully saturated rings. The van der Waals surface area contributed by atoms with Gasteiger partial charge in [-0.3, -0.25) is 4.79 Å². The Kier molecular flexibility index (Phi) is 4.78. The van der Waals surface area contributed by atoms with Crippen LogP contribution in [-0.4, -0.2) is 30.3 Å². The van der Waals surface area contributed by atoms with E-state index in [4.69, 9.17) is 5.73 Å². The molecule has 2 N–H and O–H groups in total. The largest absolute Gasteiger partial charge is 0.370 e. The fraction of sp³-hybridized carbons (Fsp3) is 0.304. The quantitative estimate of drug-likeness (QED) is 0.532. The molecular weight excluding hydrogens is 376 g/mol. The third-order valence-corrected chi connectivity index (χ3v) is 6.14. The highest BCUT2D eigenvalue weighted by molar-refractivity contribution is 5.73. The van der Waals surface area contributed by atoms with Crippen LogP contribution in [0.2, 0.25) is 0 Å². The Morgan fingerprint density at radius 2 is 1.87 bits per heavy atom. The molecule has 1 aromatic carbocycles. The van der Waals surface area contributed by atoms with Gasteiger partial charge >= 0.3 is 0 Å². The molecule has 30 heavy (non-hydrogen) atoms. The van der Waals surface area contributed by atoms with Crippen LogP contribution in [0.5, 0.6) is 0 Å². The van der Waals surface area contributed by atoms with Crippen molar-refractivity contribution in [1.29, 1.82) is 0 Å². The van der Waals surface area contributed by atoms with Crippen molar-refractivity contribution in [3.05, 3.63) is 61.2 Å². The lowest BCUT2D eigenvalue weighted by atomic mass is 10.0. The summed E-state index contributed by atoms with van der Waals surface area (Å²) >= 11 is 0.